The molecule has 0 bridgehead atoms. The van der Waals surface area contributed by atoms with Crippen LogP contribution in [0.4, 0.5) is 10.7 Å². The fraction of sp³-hybridized carbons (Fsp3) is 0.688. The Labute approximate surface area is 131 Å². The molecule has 1 aromatic heterocycles. The first-order chi connectivity index (χ1) is 9.86. The Morgan fingerprint density at radius 3 is 2.62 bits per heavy atom. The van der Waals surface area contributed by atoms with Gasteiger partial charge in [0, 0.05) is 13.0 Å². The second-order valence-electron chi connectivity index (χ2n) is 6.46. The Kier molecular flexibility index (Phi) is 4.81. The van der Waals surface area contributed by atoms with Crippen LogP contribution in [0.3, 0.4) is 0 Å². The molecule has 1 heterocycles. The number of nitrogen functional groups attached to an aromatic ring is 1. The van der Waals surface area contributed by atoms with Crippen molar-refractivity contribution in [2.45, 2.75) is 59.5 Å². The number of rotatable bonds is 7. The third-order valence-electron chi connectivity index (χ3n) is 4.06. The highest BCUT2D eigenvalue weighted by molar-refractivity contribution is 7.19. The average Bonchev–Trinajstić information content (AvgIpc) is 2.70. The Bertz CT molecular complexity index is 519. The molecule has 0 radical (unpaired) electrons. The highest BCUT2D eigenvalue weighted by Crippen LogP contribution is 2.46. The SMILES string of the molecule is CCC(=O)c1sc(NCC2(C)CCC2)c(OC(C)C)c1N. The molecule has 0 saturated heterocycles. The van der Waals surface area contributed by atoms with Crippen LogP contribution in [-0.2, 0) is 0 Å². The molecule has 0 spiro atoms. The van der Waals surface area contributed by atoms with E-state index in [4.69, 9.17) is 10.5 Å². The van der Waals surface area contributed by atoms with E-state index in [-0.39, 0.29) is 11.9 Å². The van der Waals surface area contributed by atoms with Gasteiger partial charge in [-0.3, -0.25) is 4.79 Å². The van der Waals surface area contributed by atoms with Gasteiger partial charge in [-0.25, -0.2) is 0 Å². The van der Waals surface area contributed by atoms with Gasteiger partial charge in [0.1, 0.15) is 5.00 Å². The summed E-state index contributed by atoms with van der Waals surface area (Å²) in [5, 5.41) is 4.36. The van der Waals surface area contributed by atoms with Crippen LogP contribution in [0.5, 0.6) is 5.75 Å². The summed E-state index contributed by atoms with van der Waals surface area (Å²) in [6.07, 6.45) is 4.30. The Balaban J connectivity index is 2.22. The topological polar surface area (TPSA) is 64.3 Å². The minimum atomic E-state index is 0.0336. The quantitative estimate of drug-likeness (QED) is 0.736. The van der Waals surface area contributed by atoms with Gasteiger partial charge in [-0.15, -0.1) is 11.3 Å². The Morgan fingerprint density at radius 1 is 1.48 bits per heavy atom. The van der Waals surface area contributed by atoms with Crippen molar-refractivity contribution in [1.29, 1.82) is 0 Å². The number of thiophene rings is 1. The van der Waals surface area contributed by atoms with Crippen molar-refractivity contribution in [3.05, 3.63) is 4.88 Å². The van der Waals surface area contributed by atoms with Gasteiger partial charge < -0.3 is 15.8 Å². The molecule has 21 heavy (non-hydrogen) atoms. The highest BCUT2D eigenvalue weighted by Gasteiger charge is 2.32. The van der Waals surface area contributed by atoms with E-state index in [1.54, 1.807) is 0 Å². The molecule has 1 fully saturated rings. The van der Waals surface area contributed by atoms with Crippen LogP contribution in [0.15, 0.2) is 0 Å². The maximum atomic E-state index is 12.0. The lowest BCUT2D eigenvalue weighted by Gasteiger charge is -2.38. The number of ketones is 1. The standard InChI is InChI=1S/C16H26N2O2S/c1-5-11(19)14-12(17)13(20-10(2)3)15(21-14)18-9-16(4)7-6-8-16/h10,18H,5-9,17H2,1-4H3. The van der Waals surface area contributed by atoms with Gasteiger partial charge in [-0.1, -0.05) is 20.3 Å². The first-order valence-electron chi connectivity index (χ1n) is 7.72. The van der Waals surface area contributed by atoms with Crippen LogP contribution < -0.4 is 15.8 Å². The van der Waals surface area contributed by atoms with E-state index >= 15 is 0 Å². The first-order valence-corrected chi connectivity index (χ1v) is 8.54. The van der Waals surface area contributed by atoms with Crippen molar-refractivity contribution in [1.82, 2.24) is 0 Å². The molecule has 1 aliphatic rings. The number of anilines is 2. The van der Waals surface area contributed by atoms with E-state index in [0.29, 0.717) is 28.1 Å². The van der Waals surface area contributed by atoms with E-state index in [1.165, 1.54) is 30.6 Å². The van der Waals surface area contributed by atoms with Gasteiger partial charge in [0.05, 0.1) is 16.7 Å². The molecular weight excluding hydrogens is 284 g/mol. The summed E-state index contributed by atoms with van der Waals surface area (Å²) in [5.41, 5.74) is 6.99. The van der Waals surface area contributed by atoms with E-state index in [0.717, 1.165) is 11.5 Å². The van der Waals surface area contributed by atoms with Gasteiger partial charge in [-0.2, -0.15) is 0 Å². The Hall–Kier alpha value is -1.23. The van der Waals surface area contributed by atoms with Gasteiger partial charge in [-0.05, 0) is 32.1 Å². The summed E-state index contributed by atoms with van der Waals surface area (Å²) in [5.74, 6) is 0.726. The average molecular weight is 310 g/mol. The second kappa shape index (κ2) is 6.26. The molecule has 0 aromatic carbocycles. The van der Waals surface area contributed by atoms with E-state index in [9.17, 15) is 4.79 Å². The minimum absolute atomic E-state index is 0.0336. The first kappa shape index (κ1) is 16.1. The van der Waals surface area contributed by atoms with Crippen molar-refractivity contribution in [3.63, 3.8) is 0 Å². The molecule has 3 N–H and O–H groups in total. The number of hydrogen-bond acceptors (Lipinski definition) is 5. The zero-order valence-corrected chi connectivity index (χ0v) is 14.2. The van der Waals surface area contributed by atoms with Gasteiger partial charge >= 0.3 is 0 Å². The molecule has 2 rings (SSSR count). The lowest BCUT2D eigenvalue weighted by atomic mass is 9.70. The number of carbonyl (C=O) groups excluding carboxylic acids is 1. The highest BCUT2D eigenvalue weighted by atomic mass is 32.1. The minimum Gasteiger partial charge on any atom is -0.486 e. The summed E-state index contributed by atoms with van der Waals surface area (Å²) < 4.78 is 5.84. The Morgan fingerprint density at radius 2 is 2.14 bits per heavy atom. The maximum absolute atomic E-state index is 12.0. The zero-order valence-electron chi connectivity index (χ0n) is 13.4. The number of Topliss-reactive ketones (excluding diaryl/α,β-unsaturated/α-hetero) is 1. The predicted molar refractivity (Wildman–Crippen MR) is 89.6 cm³/mol. The molecule has 1 saturated carbocycles. The van der Waals surface area contributed by atoms with Crippen LogP contribution in [0, 0.1) is 5.41 Å². The summed E-state index contributed by atoms with van der Waals surface area (Å²) in [6, 6.07) is 0. The second-order valence-corrected chi connectivity index (χ2v) is 7.48. The number of carbonyl (C=O) groups is 1. The van der Waals surface area contributed by atoms with Crippen LogP contribution in [0.1, 0.15) is 63.0 Å². The van der Waals surface area contributed by atoms with Crippen LogP contribution in [0.25, 0.3) is 0 Å². The molecule has 5 heteroatoms. The zero-order chi connectivity index (χ0) is 15.6. The summed E-state index contributed by atoms with van der Waals surface area (Å²) in [7, 11) is 0. The van der Waals surface area contributed by atoms with E-state index in [1.807, 2.05) is 20.8 Å². The molecule has 4 nitrogen and oxygen atoms in total. The van der Waals surface area contributed by atoms with Crippen LogP contribution in [0.2, 0.25) is 0 Å². The lowest BCUT2D eigenvalue weighted by Crippen LogP contribution is -2.33. The normalized spacial score (nSPS) is 16.6. The van der Waals surface area contributed by atoms with Crippen molar-refractivity contribution in [2.75, 3.05) is 17.6 Å². The van der Waals surface area contributed by atoms with E-state index < -0.39 is 0 Å². The summed E-state index contributed by atoms with van der Waals surface area (Å²) in [4.78, 5) is 12.6. The van der Waals surface area contributed by atoms with Gasteiger partial charge in [0.15, 0.2) is 11.5 Å². The summed E-state index contributed by atoms with van der Waals surface area (Å²) >= 11 is 1.43. The lowest BCUT2D eigenvalue weighted by molar-refractivity contribution is 0.0992. The molecule has 0 aliphatic heterocycles. The third kappa shape index (κ3) is 3.51. The predicted octanol–water partition coefficient (Wildman–Crippen LogP) is 4.31. The van der Waals surface area contributed by atoms with Crippen molar-refractivity contribution in [3.8, 4) is 5.75 Å². The monoisotopic (exact) mass is 310 g/mol. The number of nitrogens with two attached hydrogens (primary N) is 1. The number of hydrogen-bond donors (Lipinski definition) is 2. The van der Waals surface area contributed by atoms with Gasteiger partial charge in [0.2, 0.25) is 0 Å². The number of nitrogens with one attached hydrogen (secondary N) is 1. The molecule has 0 atom stereocenters. The number of ether oxygens (including phenoxy) is 1. The van der Waals surface area contributed by atoms with Gasteiger partial charge in [0.25, 0.3) is 0 Å². The molecule has 1 aliphatic carbocycles. The molecule has 1 aromatic rings. The molecule has 0 unspecified atom stereocenters. The largest absolute Gasteiger partial charge is 0.486 e. The molecule has 118 valence electrons. The van der Waals surface area contributed by atoms with Crippen LogP contribution >= 0.6 is 11.3 Å². The fourth-order valence-electron chi connectivity index (χ4n) is 2.52. The van der Waals surface area contributed by atoms with Crippen molar-refractivity contribution < 1.29 is 9.53 Å². The van der Waals surface area contributed by atoms with Crippen molar-refractivity contribution >= 4 is 27.8 Å². The van der Waals surface area contributed by atoms with Crippen molar-refractivity contribution in [2.24, 2.45) is 5.41 Å². The summed E-state index contributed by atoms with van der Waals surface area (Å²) in [6.45, 7) is 8.99. The van der Waals surface area contributed by atoms with Crippen LogP contribution in [-0.4, -0.2) is 18.4 Å². The maximum Gasteiger partial charge on any atom is 0.177 e. The third-order valence-corrected chi connectivity index (χ3v) is 5.25. The molecular formula is C16H26N2O2S. The smallest absolute Gasteiger partial charge is 0.177 e. The fourth-order valence-corrected chi connectivity index (χ4v) is 3.58. The molecule has 0 amide bonds. The van der Waals surface area contributed by atoms with E-state index in [2.05, 4.69) is 12.2 Å².